The molecule has 25 heavy (non-hydrogen) atoms. The Morgan fingerprint density at radius 1 is 1.04 bits per heavy atom. The van der Waals surface area contributed by atoms with Crippen LogP contribution in [0.25, 0.3) is 0 Å². The third-order valence-electron chi connectivity index (χ3n) is 5.72. The van der Waals surface area contributed by atoms with Gasteiger partial charge in [0.15, 0.2) is 0 Å². The van der Waals surface area contributed by atoms with Crippen LogP contribution < -0.4 is 5.32 Å². The largest absolute Gasteiger partial charge is 0.508 e. The molecule has 1 aliphatic carbocycles. The molecule has 134 valence electrons. The molecule has 2 aromatic rings. The molecule has 2 N–H and O–H groups in total. The topological polar surface area (TPSA) is 32.3 Å². The lowest BCUT2D eigenvalue weighted by atomic mass is 9.74. The Bertz CT molecular complexity index is 702. The molecule has 1 aliphatic heterocycles. The highest BCUT2D eigenvalue weighted by molar-refractivity contribution is 5.85. The second kappa shape index (κ2) is 7.35. The minimum atomic E-state index is -1.19. The van der Waals surface area contributed by atoms with E-state index in [0.29, 0.717) is 24.7 Å². The Morgan fingerprint density at radius 3 is 2.44 bits per heavy atom. The monoisotopic (exact) mass is 361 g/mol. The number of hydrogen-bond donors (Lipinski definition) is 2. The van der Waals surface area contributed by atoms with E-state index in [1.807, 2.05) is 18.2 Å². The summed E-state index contributed by atoms with van der Waals surface area (Å²) in [5.41, 5.74) is 1.07. The third-order valence-corrected chi connectivity index (χ3v) is 5.72. The molecular weight excluding hydrogens is 337 g/mol. The van der Waals surface area contributed by atoms with E-state index in [2.05, 4.69) is 29.6 Å². The number of alkyl halides is 1. The highest BCUT2D eigenvalue weighted by atomic mass is 35.5. The summed E-state index contributed by atoms with van der Waals surface area (Å²) in [7, 11) is 0. The van der Waals surface area contributed by atoms with Crippen molar-refractivity contribution in [2.24, 2.45) is 5.92 Å². The van der Waals surface area contributed by atoms with E-state index in [9.17, 15) is 5.11 Å². The van der Waals surface area contributed by atoms with Crippen LogP contribution in [0.1, 0.15) is 42.2 Å². The Balaban J connectivity index is 0.00000182. The minimum Gasteiger partial charge on any atom is -0.508 e. The van der Waals surface area contributed by atoms with Crippen molar-refractivity contribution in [3.63, 3.8) is 0 Å². The molecule has 3 atom stereocenters. The molecule has 4 rings (SSSR count). The standard InChI is InChI=1S/C21H24FNO.ClH/c22-21(9-11-23-12-10-21)20(16-7-4-8-17(24)13-16)19-14-18(19)15-5-2-1-3-6-15;/h1-8,13,18-20,23-24H,9-12,14H2;1H. The first-order valence-corrected chi connectivity index (χ1v) is 8.91. The van der Waals surface area contributed by atoms with Crippen LogP contribution in [0.4, 0.5) is 4.39 Å². The molecular formula is C21H25ClFNO. The molecule has 0 amide bonds. The van der Waals surface area contributed by atoms with Gasteiger partial charge in [0.1, 0.15) is 11.4 Å². The van der Waals surface area contributed by atoms with E-state index in [0.717, 1.165) is 25.1 Å². The maximum absolute atomic E-state index is 15.9. The van der Waals surface area contributed by atoms with Crippen molar-refractivity contribution >= 4 is 12.4 Å². The molecule has 1 saturated heterocycles. The number of halogens is 2. The predicted octanol–water partition coefficient (Wildman–Crippen LogP) is 4.79. The van der Waals surface area contributed by atoms with E-state index in [1.54, 1.807) is 12.1 Å². The van der Waals surface area contributed by atoms with Crippen molar-refractivity contribution in [1.82, 2.24) is 5.32 Å². The molecule has 2 nitrogen and oxygen atoms in total. The van der Waals surface area contributed by atoms with Crippen molar-refractivity contribution in [3.8, 4) is 5.75 Å². The van der Waals surface area contributed by atoms with Gasteiger partial charge in [0.25, 0.3) is 0 Å². The summed E-state index contributed by atoms with van der Waals surface area (Å²) in [5.74, 6) is 0.835. The van der Waals surface area contributed by atoms with Crippen molar-refractivity contribution in [1.29, 1.82) is 0 Å². The van der Waals surface area contributed by atoms with Crippen LogP contribution in [0.15, 0.2) is 54.6 Å². The van der Waals surface area contributed by atoms with Crippen LogP contribution in [0, 0.1) is 5.92 Å². The van der Waals surface area contributed by atoms with Crippen molar-refractivity contribution in [2.45, 2.75) is 36.8 Å². The lowest BCUT2D eigenvalue weighted by Crippen LogP contribution is -2.43. The van der Waals surface area contributed by atoms with Gasteiger partial charge in [0, 0.05) is 5.92 Å². The second-order valence-electron chi connectivity index (χ2n) is 7.27. The highest BCUT2D eigenvalue weighted by Gasteiger charge is 2.53. The first-order chi connectivity index (χ1) is 11.7. The fourth-order valence-electron chi connectivity index (χ4n) is 4.47. The fourth-order valence-corrected chi connectivity index (χ4v) is 4.47. The lowest BCUT2D eigenvalue weighted by Gasteiger charge is -2.38. The van der Waals surface area contributed by atoms with Gasteiger partial charge in [-0.15, -0.1) is 12.4 Å². The van der Waals surface area contributed by atoms with E-state index in [4.69, 9.17) is 0 Å². The van der Waals surface area contributed by atoms with Gasteiger partial charge in [0.05, 0.1) is 0 Å². The molecule has 2 aliphatic rings. The first-order valence-electron chi connectivity index (χ1n) is 8.91. The quantitative estimate of drug-likeness (QED) is 0.820. The van der Waals surface area contributed by atoms with E-state index in [1.165, 1.54) is 5.56 Å². The van der Waals surface area contributed by atoms with Gasteiger partial charge in [0.2, 0.25) is 0 Å². The number of phenols is 1. The predicted molar refractivity (Wildman–Crippen MR) is 101 cm³/mol. The zero-order chi connectivity index (χ0) is 16.6. The van der Waals surface area contributed by atoms with E-state index in [-0.39, 0.29) is 24.1 Å². The number of rotatable bonds is 4. The number of benzene rings is 2. The molecule has 2 aromatic carbocycles. The molecule has 0 aromatic heterocycles. The van der Waals surface area contributed by atoms with Crippen molar-refractivity contribution in [2.75, 3.05) is 13.1 Å². The molecule has 0 radical (unpaired) electrons. The normalized spacial score (nSPS) is 25.6. The lowest BCUT2D eigenvalue weighted by molar-refractivity contribution is 0.0709. The number of hydrogen-bond acceptors (Lipinski definition) is 2. The summed E-state index contributed by atoms with van der Waals surface area (Å²) in [6, 6.07) is 17.7. The molecule has 3 unspecified atom stereocenters. The Labute approximate surface area is 154 Å². The number of piperidine rings is 1. The highest BCUT2D eigenvalue weighted by Crippen LogP contribution is 2.60. The van der Waals surface area contributed by atoms with Crippen molar-refractivity contribution in [3.05, 3.63) is 65.7 Å². The van der Waals surface area contributed by atoms with Gasteiger partial charge in [-0.2, -0.15) is 0 Å². The van der Waals surface area contributed by atoms with Crippen LogP contribution in [0.2, 0.25) is 0 Å². The van der Waals surface area contributed by atoms with Crippen LogP contribution in [-0.2, 0) is 0 Å². The summed E-state index contributed by atoms with van der Waals surface area (Å²) >= 11 is 0. The zero-order valence-electron chi connectivity index (χ0n) is 14.2. The number of aromatic hydroxyl groups is 1. The summed E-state index contributed by atoms with van der Waals surface area (Å²) in [6.45, 7) is 1.46. The van der Waals surface area contributed by atoms with Crippen LogP contribution >= 0.6 is 12.4 Å². The first kappa shape index (κ1) is 18.2. The van der Waals surface area contributed by atoms with E-state index < -0.39 is 5.67 Å². The van der Waals surface area contributed by atoms with Gasteiger partial charge >= 0.3 is 0 Å². The van der Waals surface area contributed by atoms with E-state index >= 15 is 4.39 Å². The number of nitrogens with one attached hydrogen (secondary N) is 1. The molecule has 0 spiro atoms. The summed E-state index contributed by atoms with van der Waals surface area (Å²) in [6.07, 6.45) is 2.13. The zero-order valence-corrected chi connectivity index (χ0v) is 15.0. The Kier molecular flexibility index (Phi) is 5.35. The second-order valence-corrected chi connectivity index (χ2v) is 7.27. The maximum atomic E-state index is 15.9. The molecule has 1 saturated carbocycles. The molecule has 2 fully saturated rings. The van der Waals surface area contributed by atoms with Crippen LogP contribution in [-0.4, -0.2) is 23.9 Å². The maximum Gasteiger partial charge on any atom is 0.120 e. The Hall–Kier alpha value is -1.58. The fraction of sp³-hybridized carbons (Fsp3) is 0.429. The SMILES string of the molecule is Cl.Oc1cccc(C(C2CC2c2ccccc2)C2(F)CCNCC2)c1. The van der Waals surface area contributed by atoms with Crippen LogP contribution in [0.5, 0.6) is 5.75 Å². The summed E-state index contributed by atoms with van der Waals surface area (Å²) in [4.78, 5) is 0. The van der Waals surface area contributed by atoms with Gasteiger partial charge in [-0.25, -0.2) is 4.39 Å². The van der Waals surface area contributed by atoms with Gasteiger partial charge < -0.3 is 10.4 Å². The summed E-state index contributed by atoms with van der Waals surface area (Å²) in [5, 5.41) is 13.2. The average Bonchev–Trinajstić information content (AvgIpc) is 3.36. The smallest absolute Gasteiger partial charge is 0.120 e. The molecule has 1 heterocycles. The minimum absolute atomic E-state index is 0. The summed E-state index contributed by atoms with van der Waals surface area (Å²) < 4.78 is 15.9. The molecule has 0 bridgehead atoms. The number of phenolic OH excluding ortho intramolecular Hbond substituents is 1. The van der Waals surface area contributed by atoms with Crippen molar-refractivity contribution < 1.29 is 9.50 Å². The van der Waals surface area contributed by atoms with Gasteiger partial charge in [-0.3, -0.25) is 0 Å². The molecule has 4 heteroatoms. The van der Waals surface area contributed by atoms with Crippen LogP contribution in [0.3, 0.4) is 0 Å². The Morgan fingerprint density at radius 2 is 1.76 bits per heavy atom. The third kappa shape index (κ3) is 3.68. The average molecular weight is 362 g/mol. The van der Waals surface area contributed by atoms with Gasteiger partial charge in [-0.05, 0) is 67.4 Å². The van der Waals surface area contributed by atoms with Gasteiger partial charge in [-0.1, -0.05) is 42.5 Å².